The Kier molecular flexibility index (Phi) is 7.07. The SMILES string of the molecule is c1csc(NCCOCc2cc3c(NC4CCCCCCC4)ncnc3s2)n1. The highest BCUT2D eigenvalue weighted by atomic mass is 32.1. The number of rotatable bonds is 8. The Bertz CT molecular complexity index is 844. The molecule has 0 unspecified atom stereocenters. The minimum absolute atomic E-state index is 0.523. The highest BCUT2D eigenvalue weighted by Crippen LogP contribution is 2.30. The van der Waals surface area contributed by atoms with Crippen LogP contribution in [-0.2, 0) is 11.3 Å². The standard InChI is InChI=1S/C20H27N5OS2/c1-2-4-6-15(7-5-3-1)25-18-17-12-16(28-19(17)24-14-23-18)13-26-10-8-21-20-22-9-11-27-20/h9,11-12,14-15H,1-8,10,13H2,(H,21,22)(H,23,24,25). The number of thiophene rings is 1. The Hall–Kier alpha value is -1.77. The van der Waals surface area contributed by atoms with Gasteiger partial charge in [0.1, 0.15) is 17.0 Å². The first kappa shape index (κ1) is 19.5. The van der Waals surface area contributed by atoms with Crippen LogP contribution in [0.2, 0.25) is 0 Å². The third kappa shape index (κ3) is 5.40. The quantitative estimate of drug-likeness (QED) is 0.485. The van der Waals surface area contributed by atoms with Crippen molar-refractivity contribution in [1.29, 1.82) is 0 Å². The number of hydrogen-bond acceptors (Lipinski definition) is 8. The molecular formula is C20H27N5OS2. The molecule has 4 rings (SSSR count). The number of aromatic nitrogens is 3. The molecule has 1 aliphatic carbocycles. The summed E-state index contributed by atoms with van der Waals surface area (Å²) in [6.07, 6.45) is 12.7. The van der Waals surface area contributed by atoms with E-state index in [4.69, 9.17) is 4.74 Å². The molecule has 3 aromatic heterocycles. The minimum atomic E-state index is 0.523. The lowest BCUT2D eigenvalue weighted by atomic mass is 9.97. The van der Waals surface area contributed by atoms with Crippen molar-refractivity contribution in [2.45, 2.75) is 57.6 Å². The molecule has 1 fully saturated rings. The number of thiazole rings is 1. The van der Waals surface area contributed by atoms with E-state index in [9.17, 15) is 0 Å². The zero-order valence-corrected chi connectivity index (χ0v) is 17.7. The van der Waals surface area contributed by atoms with Crippen LogP contribution in [0.5, 0.6) is 0 Å². The van der Waals surface area contributed by atoms with E-state index >= 15 is 0 Å². The van der Waals surface area contributed by atoms with Crippen molar-refractivity contribution in [3.05, 3.63) is 28.8 Å². The Morgan fingerprint density at radius 2 is 1.93 bits per heavy atom. The van der Waals surface area contributed by atoms with Crippen LogP contribution >= 0.6 is 22.7 Å². The summed E-state index contributed by atoms with van der Waals surface area (Å²) < 4.78 is 5.82. The summed E-state index contributed by atoms with van der Waals surface area (Å²) >= 11 is 3.29. The molecule has 1 saturated carbocycles. The predicted octanol–water partition coefficient (Wildman–Crippen LogP) is 5.30. The van der Waals surface area contributed by atoms with Crippen molar-refractivity contribution in [3.63, 3.8) is 0 Å². The molecule has 0 atom stereocenters. The second-order valence-electron chi connectivity index (χ2n) is 7.16. The van der Waals surface area contributed by atoms with E-state index < -0.39 is 0 Å². The zero-order valence-electron chi connectivity index (χ0n) is 16.0. The monoisotopic (exact) mass is 417 g/mol. The van der Waals surface area contributed by atoms with Gasteiger partial charge in [-0.05, 0) is 18.9 Å². The summed E-state index contributed by atoms with van der Waals surface area (Å²) in [5, 5.41) is 11.0. The van der Waals surface area contributed by atoms with Gasteiger partial charge in [0.25, 0.3) is 0 Å². The molecule has 0 bridgehead atoms. The molecule has 28 heavy (non-hydrogen) atoms. The van der Waals surface area contributed by atoms with Crippen molar-refractivity contribution in [1.82, 2.24) is 15.0 Å². The fraction of sp³-hybridized carbons (Fsp3) is 0.550. The molecule has 1 aliphatic rings. The summed E-state index contributed by atoms with van der Waals surface area (Å²) in [5.74, 6) is 0.975. The largest absolute Gasteiger partial charge is 0.374 e. The lowest BCUT2D eigenvalue weighted by Crippen LogP contribution is -2.21. The zero-order chi connectivity index (χ0) is 19.0. The molecule has 3 heterocycles. The summed E-state index contributed by atoms with van der Waals surface area (Å²) in [6.45, 7) is 2.00. The molecule has 0 amide bonds. The van der Waals surface area contributed by atoms with Crippen molar-refractivity contribution in [2.75, 3.05) is 23.8 Å². The van der Waals surface area contributed by atoms with E-state index in [1.165, 1.54) is 49.8 Å². The molecule has 150 valence electrons. The van der Waals surface area contributed by atoms with Gasteiger partial charge in [0.05, 0.1) is 18.6 Å². The first-order valence-corrected chi connectivity index (χ1v) is 11.8. The van der Waals surface area contributed by atoms with Gasteiger partial charge in [0, 0.05) is 29.0 Å². The van der Waals surface area contributed by atoms with Crippen LogP contribution in [0.15, 0.2) is 24.0 Å². The van der Waals surface area contributed by atoms with E-state index in [2.05, 4.69) is 31.7 Å². The molecule has 8 heteroatoms. The predicted molar refractivity (Wildman–Crippen MR) is 117 cm³/mol. The van der Waals surface area contributed by atoms with Gasteiger partial charge in [-0.1, -0.05) is 32.1 Å². The number of ether oxygens (including phenoxy) is 1. The van der Waals surface area contributed by atoms with Crippen molar-refractivity contribution in [2.24, 2.45) is 0 Å². The van der Waals surface area contributed by atoms with Crippen LogP contribution in [0.3, 0.4) is 0 Å². The van der Waals surface area contributed by atoms with Gasteiger partial charge < -0.3 is 15.4 Å². The van der Waals surface area contributed by atoms with Crippen LogP contribution < -0.4 is 10.6 Å². The summed E-state index contributed by atoms with van der Waals surface area (Å²) in [7, 11) is 0. The summed E-state index contributed by atoms with van der Waals surface area (Å²) in [4.78, 5) is 15.4. The van der Waals surface area contributed by atoms with Gasteiger partial charge >= 0.3 is 0 Å². The van der Waals surface area contributed by atoms with E-state index in [1.54, 1.807) is 35.2 Å². The number of nitrogens with one attached hydrogen (secondary N) is 2. The molecule has 0 aromatic carbocycles. The highest BCUT2D eigenvalue weighted by Gasteiger charge is 2.15. The number of hydrogen-bond donors (Lipinski definition) is 2. The average Bonchev–Trinajstić information content (AvgIpc) is 3.33. The van der Waals surface area contributed by atoms with Gasteiger partial charge in [-0.2, -0.15) is 0 Å². The van der Waals surface area contributed by atoms with Crippen LogP contribution in [0.4, 0.5) is 10.9 Å². The van der Waals surface area contributed by atoms with E-state index in [1.807, 2.05) is 5.38 Å². The van der Waals surface area contributed by atoms with Crippen LogP contribution in [0.25, 0.3) is 10.2 Å². The van der Waals surface area contributed by atoms with Gasteiger partial charge in [-0.3, -0.25) is 0 Å². The van der Waals surface area contributed by atoms with Crippen LogP contribution in [-0.4, -0.2) is 34.1 Å². The Balaban J connectivity index is 1.32. The Morgan fingerprint density at radius 1 is 1.07 bits per heavy atom. The van der Waals surface area contributed by atoms with Gasteiger partial charge in [-0.15, -0.1) is 22.7 Å². The summed E-state index contributed by atoms with van der Waals surface area (Å²) in [5.41, 5.74) is 0. The number of nitrogens with zero attached hydrogens (tertiary/aromatic N) is 3. The van der Waals surface area contributed by atoms with Gasteiger partial charge in [-0.25, -0.2) is 15.0 Å². The second-order valence-corrected chi connectivity index (χ2v) is 9.17. The first-order chi connectivity index (χ1) is 13.9. The maximum atomic E-state index is 5.82. The molecule has 0 spiro atoms. The fourth-order valence-electron chi connectivity index (χ4n) is 3.60. The second kappa shape index (κ2) is 10.1. The lowest BCUT2D eigenvalue weighted by molar-refractivity contribution is 0.133. The fourth-order valence-corrected chi connectivity index (χ4v) is 5.09. The van der Waals surface area contributed by atoms with Crippen molar-refractivity contribution < 1.29 is 4.74 Å². The molecule has 2 N–H and O–H groups in total. The van der Waals surface area contributed by atoms with E-state index in [-0.39, 0.29) is 0 Å². The van der Waals surface area contributed by atoms with Crippen LogP contribution in [0, 0.1) is 0 Å². The Labute approximate surface area is 173 Å². The molecule has 0 saturated heterocycles. The van der Waals surface area contributed by atoms with Gasteiger partial charge in [0.15, 0.2) is 5.13 Å². The van der Waals surface area contributed by atoms with Gasteiger partial charge in [0.2, 0.25) is 0 Å². The smallest absolute Gasteiger partial charge is 0.182 e. The van der Waals surface area contributed by atoms with Crippen LogP contribution in [0.1, 0.15) is 49.8 Å². The maximum absolute atomic E-state index is 5.82. The average molecular weight is 418 g/mol. The summed E-state index contributed by atoms with van der Waals surface area (Å²) in [6, 6.07) is 2.70. The number of fused-ring (bicyclic) bond motifs is 1. The third-order valence-electron chi connectivity index (χ3n) is 5.03. The molecule has 3 aromatic rings. The topological polar surface area (TPSA) is 72.0 Å². The lowest BCUT2D eigenvalue weighted by Gasteiger charge is -2.21. The highest BCUT2D eigenvalue weighted by molar-refractivity contribution is 7.18. The maximum Gasteiger partial charge on any atom is 0.182 e. The first-order valence-electron chi connectivity index (χ1n) is 10.1. The van der Waals surface area contributed by atoms with E-state index in [0.717, 1.165) is 27.7 Å². The third-order valence-corrected chi connectivity index (χ3v) is 6.77. The number of anilines is 2. The van der Waals surface area contributed by atoms with Crippen molar-refractivity contribution in [3.8, 4) is 0 Å². The molecular weight excluding hydrogens is 390 g/mol. The molecule has 0 radical (unpaired) electrons. The van der Waals surface area contributed by atoms with E-state index in [0.29, 0.717) is 19.3 Å². The molecule has 6 nitrogen and oxygen atoms in total. The van der Waals surface area contributed by atoms with Crippen molar-refractivity contribution >= 4 is 43.8 Å². The Morgan fingerprint density at radius 3 is 2.75 bits per heavy atom. The normalized spacial score (nSPS) is 16.0. The molecule has 0 aliphatic heterocycles. The minimum Gasteiger partial charge on any atom is -0.374 e.